The number of nitro groups is 1. The number of carbonyl (C=O) groups excluding carboxylic acids is 1. The van der Waals surface area contributed by atoms with Gasteiger partial charge in [-0.3, -0.25) is 14.9 Å². The lowest BCUT2D eigenvalue weighted by Crippen LogP contribution is -2.49. The number of anilines is 2. The van der Waals surface area contributed by atoms with Crippen LogP contribution in [0.25, 0.3) is 0 Å². The average Bonchev–Trinajstić information content (AvgIpc) is 3.30. The standard InChI is InChI=1S/C21H21F3N4O3/c22-15-5-3-4-14(20(15)24)21(29)27-10-8-26(9-11-27)18-13-17(25-6-1-2-7-25)16(23)12-19(18)28(30)31/h3-5,12-13H,1-2,6-11H2. The summed E-state index contributed by atoms with van der Waals surface area (Å²) in [6.45, 7) is 2.21. The van der Waals surface area contributed by atoms with Gasteiger partial charge in [0.05, 0.1) is 22.2 Å². The van der Waals surface area contributed by atoms with E-state index in [2.05, 4.69) is 0 Å². The van der Waals surface area contributed by atoms with Gasteiger partial charge < -0.3 is 14.7 Å². The summed E-state index contributed by atoms with van der Waals surface area (Å²) in [5.41, 5.74) is -0.0651. The highest BCUT2D eigenvalue weighted by molar-refractivity contribution is 5.94. The third kappa shape index (κ3) is 4.01. The first-order chi connectivity index (χ1) is 14.9. The molecule has 2 heterocycles. The molecule has 2 aromatic rings. The maximum absolute atomic E-state index is 14.6. The highest BCUT2D eigenvalue weighted by atomic mass is 19.2. The van der Waals surface area contributed by atoms with Crippen molar-refractivity contribution in [2.75, 3.05) is 49.1 Å². The van der Waals surface area contributed by atoms with Crippen molar-refractivity contribution in [3.05, 3.63) is 63.5 Å². The summed E-state index contributed by atoms with van der Waals surface area (Å²) in [7, 11) is 0. The van der Waals surface area contributed by atoms with Gasteiger partial charge in [-0.2, -0.15) is 0 Å². The van der Waals surface area contributed by atoms with Crippen LogP contribution in [0.4, 0.5) is 30.2 Å². The van der Waals surface area contributed by atoms with E-state index in [9.17, 15) is 28.1 Å². The monoisotopic (exact) mass is 434 g/mol. The van der Waals surface area contributed by atoms with E-state index in [1.165, 1.54) is 23.1 Å². The quantitative estimate of drug-likeness (QED) is 0.544. The van der Waals surface area contributed by atoms with Gasteiger partial charge in [-0.15, -0.1) is 0 Å². The number of benzene rings is 2. The van der Waals surface area contributed by atoms with Crippen molar-refractivity contribution in [2.45, 2.75) is 12.8 Å². The third-order valence-electron chi connectivity index (χ3n) is 5.78. The predicted octanol–water partition coefficient (Wildman–Crippen LogP) is 3.57. The average molecular weight is 434 g/mol. The van der Waals surface area contributed by atoms with Gasteiger partial charge in [-0.25, -0.2) is 13.2 Å². The van der Waals surface area contributed by atoms with Gasteiger partial charge in [-0.1, -0.05) is 6.07 Å². The number of amides is 1. The van der Waals surface area contributed by atoms with E-state index in [4.69, 9.17) is 0 Å². The van der Waals surface area contributed by atoms with E-state index in [0.29, 0.717) is 18.8 Å². The van der Waals surface area contributed by atoms with E-state index in [1.54, 1.807) is 4.90 Å². The van der Waals surface area contributed by atoms with Crippen LogP contribution in [-0.2, 0) is 0 Å². The Morgan fingerprint density at radius 2 is 1.52 bits per heavy atom. The van der Waals surface area contributed by atoms with Crippen molar-refractivity contribution in [3.8, 4) is 0 Å². The normalized spacial score (nSPS) is 16.7. The molecule has 2 saturated heterocycles. The fourth-order valence-electron chi connectivity index (χ4n) is 4.13. The second-order valence-electron chi connectivity index (χ2n) is 7.62. The molecule has 0 unspecified atom stereocenters. The Labute approximate surface area is 176 Å². The molecule has 7 nitrogen and oxygen atoms in total. The highest BCUT2D eigenvalue weighted by Crippen LogP contribution is 2.36. The van der Waals surface area contributed by atoms with Crippen LogP contribution in [-0.4, -0.2) is 55.0 Å². The van der Waals surface area contributed by atoms with Crippen LogP contribution in [0, 0.1) is 27.6 Å². The highest BCUT2D eigenvalue weighted by Gasteiger charge is 2.30. The molecule has 0 saturated carbocycles. The zero-order valence-corrected chi connectivity index (χ0v) is 16.7. The van der Waals surface area contributed by atoms with Gasteiger partial charge in [0.2, 0.25) is 0 Å². The molecule has 2 fully saturated rings. The Kier molecular flexibility index (Phi) is 5.71. The molecule has 10 heteroatoms. The van der Waals surface area contributed by atoms with Crippen molar-refractivity contribution in [2.24, 2.45) is 0 Å². The molecule has 4 rings (SSSR count). The summed E-state index contributed by atoms with van der Waals surface area (Å²) in [4.78, 5) is 28.5. The minimum absolute atomic E-state index is 0.169. The Morgan fingerprint density at radius 1 is 0.871 bits per heavy atom. The van der Waals surface area contributed by atoms with E-state index < -0.39 is 28.3 Å². The van der Waals surface area contributed by atoms with Gasteiger partial charge in [0.15, 0.2) is 17.5 Å². The number of hydrogen-bond acceptors (Lipinski definition) is 5. The topological polar surface area (TPSA) is 69.9 Å². The molecule has 2 aromatic carbocycles. The minimum Gasteiger partial charge on any atom is -0.369 e. The molecule has 164 valence electrons. The van der Waals surface area contributed by atoms with Gasteiger partial charge in [0.25, 0.3) is 11.6 Å². The van der Waals surface area contributed by atoms with Gasteiger partial charge in [0.1, 0.15) is 5.69 Å². The zero-order valence-electron chi connectivity index (χ0n) is 16.7. The molecule has 0 bridgehead atoms. The molecule has 31 heavy (non-hydrogen) atoms. The molecule has 1 amide bonds. The van der Waals surface area contributed by atoms with Gasteiger partial charge in [-0.05, 0) is 31.0 Å². The fourth-order valence-corrected chi connectivity index (χ4v) is 4.13. The molecule has 2 aliphatic rings. The Balaban J connectivity index is 1.55. The number of hydrogen-bond donors (Lipinski definition) is 0. The summed E-state index contributed by atoms with van der Waals surface area (Å²) in [5, 5.41) is 11.5. The van der Waals surface area contributed by atoms with Crippen LogP contribution in [0.5, 0.6) is 0 Å². The molecule has 0 aliphatic carbocycles. The van der Waals surface area contributed by atoms with Crippen LogP contribution in [0.2, 0.25) is 0 Å². The van der Waals surface area contributed by atoms with Crippen LogP contribution >= 0.6 is 0 Å². The van der Waals surface area contributed by atoms with Crippen LogP contribution in [0.3, 0.4) is 0 Å². The van der Waals surface area contributed by atoms with Crippen LogP contribution in [0.15, 0.2) is 30.3 Å². The number of piperazine rings is 1. The lowest BCUT2D eigenvalue weighted by atomic mass is 10.1. The second kappa shape index (κ2) is 8.44. The SMILES string of the molecule is O=C(c1cccc(F)c1F)N1CCN(c2cc(N3CCCC3)c(F)cc2[N+](=O)[O-])CC1. The number of nitro benzene ring substituents is 1. The van der Waals surface area contributed by atoms with E-state index in [1.807, 2.05) is 4.90 Å². The molecule has 0 atom stereocenters. The molecule has 0 aromatic heterocycles. The number of rotatable bonds is 4. The summed E-state index contributed by atoms with van der Waals surface area (Å²) in [6.07, 6.45) is 1.87. The molecule has 2 aliphatic heterocycles. The van der Waals surface area contributed by atoms with Crippen molar-refractivity contribution in [3.63, 3.8) is 0 Å². The van der Waals surface area contributed by atoms with E-state index in [0.717, 1.165) is 25.0 Å². The van der Waals surface area contributed by atoms with Crippen LogP contribution in [0.1, 0.15) is 23.2 Å². The maximum atomic E-state index is 14.6. The molecule has 0 N–H and O–H groups in total. The van der Waals surface area contributed by atoms with Gasteiger partial charge >= 0.3 is 0 Å². The van der Waals surface area contributed by atoms with Crippen LogP contribution < -0.4 is 9.80 Å². The third-order valence-corrected chi connectivity index (χ3v) is 5.78. The van der Waals surface area contributed by atoms with Crippen molar-refractivity contribution in [1.29, 1.82) is 0 Å². The minimum atomic E-state index is -1.20. The van der Waals surface area contributed by atoms with E-state index in [-0.39, 0.29) is 43.1 Å². The number of halogens is 3. The van der Waals surface area contributed by atoms with Crippen molar-refractivity contribution >= 4 is 23.0 Å². The summed E-state index contributed by atoms with van der Waals surface area (Å²) < 4.78 is 42.0. The summed E-state index contributed by atoms with van der Waals surface area (Å²) in [6, 6.07) is 5.88. The summed E-state index contributed by atoms with van der Waals surface area (Å²) >= 11 is 0. The number of carbonyl (C=O) groups is 1. The Bertz CT molecular complexity index is 1020. The van der Waals surface area contributed by atoms with Gasteiger partial charge in [0, 0.05) is 39.3 Å². The second-order valence-corrected chi connectivity index (χ2v) is 7.62. The lowest BCUT2D eigenvalue weighted by molar-refractivity contribution is -0.384. The summed E-state index contributed by atoms with van der Waals surface area (Å²) in [5.74, 6) is -3.56. The molecular weight excluding hydrogens is 413 g/mol. The number of nitrogens with zero attached hydrogens (tertiary/aromatic N) is 4. The Hall–Kier alpha value is -3.30. The van der Waals surface area contributed by atoms with Crippen molar-refractivity contribution in [1.82, 2.24) is 4.90 Å². The predicted molar refractivity (Wildman–Crippen MR) is 109 cm³/mol. The molecular formula is C21H21F3N4O3. The zero-order chi connectivity index (χ0) is 22.1. The molecule has 0 spiro atoms. The van der Waals surface area contributed by atoms with Crippen molar-refractivity contribution < 1.29 is 22.9 Å². The first-order valence-electron chi connectivity index (χ1n) is 10.1. The van der Waals surface area contributed by atoms with E-state index >= 15 is 0 Å². The Morgan fingerprint density at radius 3 is 2.16 bits per heavy atom. The smallest absolute Gasteiger partial charge is 0.295 e. The fraction of sp³-hybridized carbons (Fsp3) is 0.381. The first-order valence-corrected chi connectivity index (χ1v) is 10.1. The molecule has 0 radical (unpaired) electrons. The maximum Gasteiger partial charge on any atom is 0.295 e. The lowest BCUT2D eigenvalue weighted by Gasteiger charge is -2.36. The first kappa shape index (κ1) is 21.0. The largest absolute Gasteiger partial charge is 0.369 e.